The molecule has 2 N–H and O–H groups in total. The number of rotatable bonds is 0. The monoisotopic (exact) mass is 585 g/mol. The highest BCUT2D eigenvalue weighted by Gasteiger charge is 2.44. The zero-order valence-corrected chi connectivity index (χ0v) is 24.1. The van der Waals surface area contributed by atoms with E-state index in [0.29, 0.717) is 44.1 Å². The third-order valence-electron chi connectivity index (χ3n) is 9.32. The Balaban J connectivity index is 1.42. The fraction of sp³-hybridized carbons (Fsp3) is 0.533. The summed E-state index contributed by atoms with van der Waals surface area (Å²) in [5, 5.41) is 14.3. The van der Waals surface area contributed by atoms with Crippen molar-refractivity contribution in [1.29, 1.82) is 0 Å². The summed E-state index contributed by atoms with van der Waals surface area (Å²) in [4.78, 5) is 15.4. The fourth-order valence-electron chi connectivity index (χ4n) is 7.10. The Kier molecular flexibility index (Phi) is 7.46. The normalized spacial score (nSPS) is 29.4. The molecule has 1 amide bonds. The van der Waals surface area contributed by atoms with Crippen molar-refractivity contribution in [1.82, 2.24) is 4.72 Å². The first kappa shape index (κ1) is 27.4. The van der Waals surface area contributed by atoms with Gasteiger partial charge in [-0.05, 0) is 98.7 Å². The molecule has 2 aromatic carbocycles. The summed E-state index contributed by atoms with van der Waals surface area (Å²) in [6.07, 6.45) is 7.49. The summed E-state index contributed by atoms with van der Waals surface area (Å²) in [5.74, 6) is 0.442. The summed E-state index contributed by atoms with van der Waals surface area (Å²) >= 11 is 6.37. The van der Waals surface area contributed by atoms with Crippen LogP contribution in [-0.4, -0.2) is 50.7 Å². The van der Waals surface area contributed by atoms with Gasteiger partial charge in [0.25, 0.3) is 5.91 Å². The lowest BCUT2D eigenvalue weighted by Crippen LogP contribution is -2.49. The van der Waals surface area contributed by atoms with Crippen LogP contribution in [0.25, 0.3) is 0 Å². The molecule has 1 fully saturated rings. The number of hydrogen-bond donors (Lipinski definition) is 2. The molecule has 6 rings (SSSR count). The third-order valence-corrected chi connectivity index (χ3v) is 10.9. The van der Waals surface area contributed by atoms with Crippen LogP contribution in [0.1, 0.15) is 72.9 Å². The number of carbonyl (C=O) groups is 1. The van der Waals surface area contributed by atoms with Gasteiger partial charge in [-0.1, -0.05) is 29.2 Å². The van der Waals surface area contributed by atoms with Crippen LogP contribution in [0.3, 0.4) is 0 Å². The molecule has 2 heterocycles. The van der Waals surface area contributed by atoms with Gasteiger partial charge >= 0.3 is 0 Å². The van der Waals surface area contributed by atoms with Gasteiger partial charge in [0.15, 0.2) is 0 Å². The highest BCUT2D eigenvalue weighted by Crippen LogP contribution is 2.46. The molecule has 4 aliphatic rings. The molecule has 8 nitrogen and oxygen atoms in total. The number of oxime groups is 1. The van der Waals surface area contributed by atoms with Crippen molar-refractivity contribution in [2.45, 2.75) is 63.2 Å². The van der Waals surface area contributed by atoms with Crippen molar-refractivity contribution in [2.75, 3.05) is 30.3 Å². The second-order valence-electron chi connectivity index (χ2n) is 11.9. The number of ether oxygens (including phenoxy) is 1. The van der Waals surface area contributed by atoms with Gasteiger partial charge in [-0.2, -0.15) is 0 Å². The number of benzene rings is 2. The second-order valence-corrected chi connectivity index (χ2v) is 14.2. The summed E-state index contributed by atoms with van der Waals surface area (Å²) in [6, 6.07) is 11.4. The second kappa shape index (κ2) is 10.9. The average molecular weight is 586 g/mol. The van der Waals surface area contributed by atoms with E-state index in [4.69, 9.17) is 16.3 Å². The number of sulfonamides is 1. The van der Waals surface area contributed by atoms with Crippen LogP contribution >= 0.6 is 11.6 Å². The van der Waals surface area contributed by atoms with E-state index in [1.165, 1.54) is 11.1 Å². The van der Waals surface area contributed by atoms with Gasteiger partial charge in [0.1, 0.15) is 5.75 Å². The first-order valence-electron chi connectivity index (χ1n) is 14.3. The van der Waals surface area contributed by atoms with Crippen LogP contribution in [0.5, 0.6) is 5.75 Å². The molecule has 0 saturated heterocycles. The van der Waals surface area contributed by atoms with Gasteiger partial charge in [-0.3, -0.25) is 4.79 Å². The van der Waals surface area contributed by atoms with Gasteiger partial charge in [0.2, 0.25) is 10.0 Å². The Morgan fingerprint density at radius 3 is 2.75 bits per heavy atom. The fourth-order valence-corrected chi connectivity index (χ4v) is 8.38. The Morgan fingerprint density at radius 2 is 1.95 bits per heavy atom. The van der Waals surface area contributed by atoms with E-state index in [1.54, 1.807) is 18.2 Å². The number of hydrogen-bond acceptors (Lipinski definition) is 7. The molecule has 0 radical (unpaired) electrons. The van der Waals surface area contributed by atoms with Crippen molar-refractivity contribution < 1.29 is 23.2 Å². The molecule has 1 spiro atoms. The lowest BCUT2D eigenvalue weighted by Gasteiger charge is -2.44. The number of aryl methyl sites for hydroxylation is 1. The Bertz CT molecular complexity index is 1440. The molecular formula is C30H36ClN3O5S. The SMILES string of the molecule is O=C1NS(=O)(=O)CCCCC/C(=N\O)[C@@H]2CC[C@H]2CN2C[C@@]3(CCCc4cc(Cl)ccc43)COc3ccc1cc32. The number of amides is 1. The van der Waals surface area contributed by atoms with Gasteiger partial charge in [-0.15, -0.1) is 0 Å². The van der Waals surface area contributed by atoms with E-state index < -0.39 is 15.9 Å². The van der Waals surface area contributed by atoms with Crippen LogP contribution in [0.2, 0.25) is 5.02 Å². The molecule has 2 aliphatic heterocycles. The zero-order chi connectivity index (χ0) is 27.9. The molecule has 3 atom stereocenters. The minimum Gasteiger partial charge on any atom is -0.490 e. The van der Waals surface area contributed by atoms with Crippen molar-refractivity contribution >= 4 is 38.9 Å². The lowest BCUT2D eigenvalue weighted by atomic mass is 9.68. The zero-order valence-electron chi connectivity index (χ0n) is 22.6. The molecular weight excluding hydrogens is 550 g/mol. The van der Waals surface area contributed by atoms with Crippen molar-refractivity contribution in [3.63, 3.8) is 0 Å². The minimum atomic E-state index is -3.77. The van der Waals surface area contributed by atoms with Crippen LogP contribution in [0.15, 0.2) is 41.6 Å². The number of halogens is 1. The summed E-state index contributed by atoms with van der Waals surface area (Å²) in [5.41, 5.74) is 4.16. The summed E-state index contributed by atoms with van der Waals surface area (Å²) in [7, 11) is -3.77. The van der Waals surface area contributed by atoms with E-state index >= 15 is 0 Å². The van der Waals surface area contributed by atoms with Crippen molar-refractivity contribution in [3.8, 4) is 5.75 Å². The van der Waals surface area contributed by atoms with Crippen LogP contribution in [-0.2, 0) is 21.9 Å². The van der Waals surface area contributed by atoms with E-state index in [1.807, 2.05) is 6.07 Å². The molecule has 1 saturated carbocycles. The molecule has 214 valence electrons. The highest BCUT2D eigenvalue weighted by molar-refractivity contribution is 7.90. The third kappa shape index (κ3) is 5.30. The molecule has 40 heavy (non-hydrogen) atoms. The molecule has 0 aromatic heterocycles. The standard InChI is InChI=1S/C30H36ClN3O5S/c31-23-9-11-25-20(15-23)5-4-13-30(25)18-34-17-22-7-10-24(22)26(32-36)6-2-1-3-14-40(37,38)33-29(35)21-8-12-28(39-19-30)27(34)16-21/h8-9,11-12,15-16,22,24,36H,1-7,10,13-14,17-19H2,(H,33,35)/b32-26+/t22-,24+,30-/m0/s1. The van der Waals surface area contributed by atoms with E-state index in [2.05, 4.69) is 26.9 Å². The predicted molar refractivity (Wildman–Crippen MR) is 155 cm³/mol. The Hall–Kier alpha value is -2.78. The number of carbonyl (C=O) groups excluding carboxylic acids is 1. The molecule has 10 heteroatoms. The van der Waals surface area contributed by atoms with E-state index in [0.717, 1.165) is 61.5 Å². The minimum absolute atomic E-state index is 0.123. The van der Waals surface area contributed by atoms with E-state index in [9.17, 15) is 18.4 Å². The highest BCUT2D eigenvalue weighted by atomic mass is 35.5. The van der Waals surface area contributed by atoms with E-state index in [-0.39, 0.29) is 22.6 Å². The lowest BCUT2D eigenvalue weighted by molar-refractivity contribution is 0.0981. The van der Waals surface area contributed by atoms with Crippen LogP contribution in [0, 0.1) is 11.8 Å². The first-order chi connectivity index (χ1) is 19.3. The maximum Gasteiger partial charge on any atom is 0.264 e. The number of nitrogens with zero attached hydrogens (tertiary/aromatic N) is 2. The van der Waals surface area contributed by atoms with Crippen LogP contribution in [0.4, 0.5) is 5.69 Å². The first-order valence-corrected chi connectivity index (χ1v) is 16.4. The smallest absolute Gasteiger partial charge is 0.264 e. The number of anilines is 1. The summed E-state index contributed by atoms with van der Waals surface area (Å²) in [6.45, 7) is 1.93. The van der Waals surface area contributed by atoms with Crippen molar-refractivity contribution in [3.05, 3.63) is 58.1 Å². The number of nitrogens with one attached hydrogen (secondary N) is 1. The average Bonchev–Trinajstić information content (AvgIpc) is 3.06. The molecule has 2 bridgehead atoms. The maximum absolute atomic E-state index is 13.1. The molecule has 0 unspecified atom stereocenters. The Morgan fingerprint density at radius 1 is 1.07 bits per heavy atom. The quantitative estimate of drug-likeness (QED) is 0.321. The van der Waals surface area contributed by atoms with Gasteiger partial charge in [0.05, 0.1) is 23.8 Å². The number of fused-ring (bicyclic) bond motifs is 4. The molecule has 2 aromatic rings. The van der Waals surface area contributed by atoms with Gasteiger partial charge in [-0.25, -0.2) is 13.1 Å². The van der Waals surface area contributed by atoms with Crippen LogP contribution < -0.4 is 14.4 Å². The molecule has 2 aliphatic carbocycles. The Labute approximate surface area is 240 Å². The predicted octanol–water partition coefficient (Wildman–Crippen LogP) is 5.30. The largest absolute Gasteiger partial charge is 0.490 e. The van der Waals surface area contributed by atoms with Gasteiger partial charge in [0, 0.05) is 35.0 Å². The topological polar surface area (TPSA) is 108 Å². The van der Waals surface area contributed by atoms with Gasteiger partial charge < -0.3 is 14.8 Å². The maximum atomic E-state index is 13.1. The van der Waals surface area contributed by atoms with Crippen molar-refractivity contribution in [2.24, 2.45) is 17.0 Å². The summed E-state index contributed by atoms with van der Waals surface area (Å²) < 4.78 is 34.1.